The molecule has 0 amide bonds. The Morgan fingerprint density at radius 2 is 1.93 bits per heavy atom. The molecule has 8 nitrogen and oxygen atoms in total. The Morgan fingerprint density at radius 3 is 2.61 bits per heavy atom. The second kappa shape index (κ2) is 8.39. The highest BCUT2D eigenvalue weighted by molar-refractivity contribution is 7.16. The van der Waals surface area contributed by atoms with Crippen LogP contribution in [0.3, 0.4) is 0 Å². The molecule has 0 unspecified atom stereocenters. The molecule has 9 heteroatoms. The van der Waals surface area contributed by atoms with Crippen molar-refractivity contribution >= 4 is 22.3 Å². The number of esters is 1. The number of carbonyl (C=O) groups is 1. The predicted octanol–water partition coefficient (Wildman–Crippen LogP) is 2.72. The van der Waals surface area contributed by atoms with E-state index in [0.29, 0.717) is 33.6 Å². The van der Waals surface area contributed by atoms with E-state index >= 15 is 0 Å². The molecule has 3 aromatic rings. The van der Waals surface area contributed by atoms with E-state index in [4.69, 9.17) is 14.2 Å². The molecule has 0 aliphatic heterocycles. The highest BCUT2D eigenvalue weighted by Gasteiger charge is 2.14. The summed E-state index contributed by atoms with van der Waals surface area (Å²) in [6.45, 7) is 4.05. The largest absolute Gasteiger partial charge is 0.493 e. The summed E-state index contributed by atoms with van der Waals surface area (Å²) in [7, 11) is 3.00. The lowest BCUT2D eigenvalue weighted by Gasteiger charge is -2.09. The first-order chi connectivity index (χ1) is 13.4. The van der Waals surface area contributed by atoms with Gasteiger partial charge in [0.2, 0.25) is 4.96 Å². The quantitative estimate of drug-likeness (QED) is 0.560. The third-order valence-electron chi connectivity index (χ3n) is 3.89. The van der Waals surface area contributed by atoms with E-state index in [-0.39, 0.29) is 12.2 Å². The number of nitrogens with zero attached hydrogens (tertiary/aromatic N) is 3. The van der Waals surface area contributed by atoms with Crippen molar-refractivity contribution in [3.8, 4) is 11.5 Å². The summed E-state index contributed by atoms with van der Waals surface area (Å²) >= 11 is 1.36. The first-order valence-electron chi connectivity index (χ1n) is 8.69. The Balaban J connectivity index is 1.76. The third kappa shape index (κ3) is 4.30. The van der Waals surface area contributed by atoms with E-state index in [0.717, 1.165) is 11.4 Å². The Bertz CT molecular complexity index is 1060. The SMILES string of the molecule is COc1ccc(C(=O)OCc2cc(=O)n3nc(CC(C)C)sc3n2)cc1OC. The van der Waals surface area contributed by atoms with Crippen LogP contribution in [0.15, 0.2) is 29.1 Å². The Hall–Kier alpha value is -2.94. The minimum absolute atomic E-state index is 0.115. The van der Waals surface area contributed by atoms with Gasteiger partial charge in [-0.05, 0) is 24.1 Å². The zero-order valence-corrected chi connectivity index (χ0v) is 16.9. The summed E-state index contributed by atoms with van der Waals surface area (Å²) in [5, 5.41) is 5.14. The van der Waals surface area contributed by atoms with Gasteiger partial charge in [-0.25, -0.2) is 9.78 Å². The average Bonchev–Trinajstić information content (AvgIpc) is 3.07. The van der Waals surface area contributed by atoms with Gasteiger partial charge in [0, 0.05) is 12.5 Å². The van der Waals surface area contributed by atoms with Crippen LogP contribution in [-0.4, -0.2) is 34.8 Å². The molecule has 0 saturated heterocycles. The average molecular weight is 403 g/mol. The standard InChI is InChI=1S/C19H21N3O5S/c1-11(2)7-16-21-22-17(23)9-13(20-19(22)28-16)10-27-18(24)12-5-6-14(25-3)15(8-12)26-4/h5-6,8-9,11H,7,10H2,1-4H3. The maximum Gasteiger partial charge on any atom is 0.338 e. The van der Waals surface area contributed by atoms with E-state index in [1.807, 2.05) is 0 Å². The highest BCUT2D eigenvalue weighted by atomic mass is 32.1. The Labute approximate surface area is 165 Å². The fourth-order valence-corrected chi connectivity index (χ4v) is 3.72. The van der Waals surface area contributed by atoms with E-state index in [1.54, 1.807) is 12.1 Å². The van der Waals surface area contributed by atoms with Crippen molar-refractivity contribution in [3.63, 3.8) is 0 Å². The van der Waals surface area contributed by atoms with Gasteiger partial charge in [-0.2, -0.15) is 9.61 Å². The lowest BCUT2D eigenvalue weighted by molar-refractivity contribution is 0.0467. The molecule has 1 aromatic carbocycles. The topological polar surface area (TPSA) is 92.0 Å². The normalized spacial score (nSPS) is 11.0. The summed E-state index contributed by atoms with van der Waals surface area (Å²) in [6, 6.07) is 6.07. The molecule has 0 atom stereocenters. The van der Waals surface area contributed by atoms with Gasteiger partial charge in [-0.15, -0.1) is 0 Å². The van der Waals surface area contributed by atoms with Gasteiger partial charge in [0.05, 0.1) is 25.5 Å². The molecule has 0 aliphatic rings. The summed E-state index contributed by atoms with van der Waals surface area (Å²) in [5.74, 6) is 0.824. The zero-order valence-electron chi connectivity index (χ0n) is 16.1. The minimum atomic E-state index is -0.548. The molecular weight excluding hydrogens is 382 g/mol. The van der Waals surface area contributed by atoms with Crippen LogP contribution < -0.4 is 15.0 Å². The van der Waals surface area contributed by atoms with Gasteiger partial charge in [-0.1, -0.05) is 25.2 Å². The number of carbonyl (C=O) groups excluding carboxylic acids is 1. The lowest BCUT2D eigenvalue weighted by Crippen LogP contribution is -2.17. The van der Waals surface area contributed by atoms with Crippen LogP contribution in [0, 0.1) is 5.92 Å². The van der Waals surface area contributed by atoms with Crippen molar-refractivity contribution in [2.24, 2.45) is 5.92 Å². The van der Waals surface area contributed by atoms with Crippen LogP contribution in [-0.2, 0) is 17.8 Å². The van der Waals surface area contributed by atoms with E-state index in [9.17, 15) is 9.59 Å². The molecular formula is C19H21N3O5S. The Morgan fingerprint density at radius 1 is 1.18 bits per heavy atom. The van der Waals surface area contributed by atoms with Gasteiger partial charge in [0.1, 0.15) is 11.6 Å². The number of fused-ring (bicyclic) bond motifs is 1. The lowest BCUT2D eigenvalue weighted by atomic mass is 10.1. The second-order valence-corrected chi connectivity index (χ2v) is 7.56. The Kier molecular flexibility index (Phi) is 5.93. The van der Waals surface area contributed by atoms with Gasteiger partial charge in [-0.3, -0.25) is 4.79 Å². The number of aromatic nitrogens is 3. The summed E-state index contributed by atoms with van der Waals surface area (Å²) < 4.78 is 16.9. The van der Waals surface area contributed by atoms with Crippen LogP contribution in [0.5, 0.6) is 11.5 Å². The molecule has 0 bridgehead atoms. The van der Waals surface area contributed by atoms with Crippen LogP contribution in [0.4, 0.5) is 0 Å². The minimum Gasteiger partial charge on any atom is -0.493 e. The monoisotopic (exact) mass is 403 g/mol. The molecule has 0 aliphatic carbocycles. The second-order valence-electron chi connectivity index (χ2n) is 6.52. The van der Waals surface area contributed by atoms with Crippen molar-refractivity contribution in [1.29, 1.82) is 0 Å². The van der Waals surface area contributed by atoms with E-state index in [2.05, 4.69) is 23.9 Å². The van der Waals surface area contributed by atoms with Crippen LogP contribution in [0.25, 0.3) is 4.96 Å². The van der Waals surface area contributed by atoms with Gasteiger partial charge in [0.15, 0.2) is 11.5 Å². The number of hydrogen-bond acceptors (Lipinski definition) is 8. The zero-order chi connectivity index (χ0) is 20.3. The molecule has 2 aromatic heterocycles. The first-order valence-corrected chi connectivity index (χ1v) is 9.50. The summed E-state index contributed by atoms with van der Waals surface area (Å²) in [4.78, 5) is 29.5. The van der Waals surface area contributed by atoms with Crippen molar-refractivity contribution in [2.45, 2.75) is 26.9 Å². The molecule has 2 heterocycles. The molecule has 0 N–H and O–H groups in total. The molecule has 0 radical (unpaired) electrons. The first kappa shape index (κ1) is 19.8. The third-order valence-corrected chi connectivity index (χ3v) is 4.82. The van der Waals surface area contributed by atoms with Crippen molar-refractivity contribution in [1.82, 2.24) is 14.6 Å². The summed E-state index contributed by atoms with van der Waals surface area (Å²) in [5.41, 5.74) is 0.388. The summed E-state index contributed by atoms with van der Waals surface area (Å²) in [6.07, 6.45) is 0.775. The fourth-order valence-electron chi connectivity index (χ4n) is 2.59. The number of methoxy groups -OCH3 is 2. The van der Waals surface area contributed by atoms with Gasteiger partial charge >= 0.3 is 5.97 Å². The van der Waals surface area contributed by atoms with E-state index < -0.39 is 5.97 Å². The fraction of sp³-hybridized carbons (Fsp3) is 0.368. The van der Waals surface area contributed by atoms with Crippen LogP contribution in [0.2, 0.25) is 0 Å². The molecule has 0 spiro atoms. The maximum absolute atomic E-state index is 12.3. The smallest absolute Gasteiger partial charge is 0.338 e. The van der Waals surface area contributed by atoms with Gasteiger partial charge < -0.3 is 14.2 Å². The van der Waals surface area contributed by atoms with Crippen molar-refractivity contribution in [2.75, 3.05) is 14.2 Å². The number of hydrogen-bond donors (Lipinski definition) is 0. The molecule has 0 saturated carbocycles. The van der Waals surface area contributed by atoms with Crippen LogP contribution >= 0.6 is 11.3 Å². The number of ether oxygens (including phenoxy) is 3. The number of benzene rings is 1. The van der Waals surface area contributed by atoms with Crippen molar-refractivity contribution in [3.05, 3.63) is 50.9 Å². The molecule has 3 rings (SSSR count). The molecule has 148 valence electrons. The molecule has 28 heavy (non-hydrogen) atoms. The van der Waals surface area contributed by atoms with Crippen molar-refractivity contribution < 1.29 is 19.0 Å². The number of rotatable bonds is 7. The molecule has 0 fully saturated rings. The van der Waals surface area contributed by atoms with Gasteiger partial charge in [0.25, 0.3) is 5.56 Å². The van der Waals surface area contributed by atoms with E-state index in [1.165, 1.54) is 42.2 Å². The predicted molar refractivity (Wildman–Crippen MR) is 104 cm³/mol. The van der Waals surface area contributed by atoms with Crippen LogP contribution in [0.1, 0.15) is 34.9 Å². The maximum atomic E-state index is 12.3. The highest BCUT2D eigenvalue weighted by Crippen LogP contribution is 2.27.